The molecule has 1 N–H and O–H groups in total. The summed E-state index contributed by atoms with van der Waals surface area (Å²) in [6.45, 7) is 10.7. The molecule has 0 aliphatic heterocycles. The van der Waals surface area contributed by atoms with E-state index in [4.69, 9.17) is 4.74 Å². The van der Waals surface area contributed by atoms with Crippen molar-refractivity contribution in [2.75, 3.05) is 19.0 Å². The zero-order chi connectivity index (χ0) is 15.8. The first-order chi connectivity index (χ1) is 9.63. The van der Waals surface area contributed by atoms with E-state index in [0.29, 0.717) is 6.41 Å². The van der Waals surface area contributed by atoms with E-state index in [9.17, 15) is 4.79 Å². The number of hydrogen-bond acceptors (Lipinski definition) is 3. The lowest BCUT2D eigenvalue weighted by atomic mass is 10.3. The third-order valence-corrected chi connectivity index (χ3v) is 2.00. The maximum Gasteiger partial charge on any atom is 0.211 e. The summed E-state index contributed by atoms with van der Waals surface area (Å²) in [5.41, 5.74) is 1.91. The summed E-state index contributed by atoms with van der Waals surface area (Å²) in [7, 11) is 1.79. The van der Waals surface area contributed by atoms with Gasteiger partial charge in [0, 0.05) is 18.4 Å². The van der Waals surface area contributed by atoms with E-state index in [1.54, 1.807) is 19.2 Å². The van der Waals surface area contributed by atoms with E-state index in [0.717, 1.165) is 30.2 Å². The van der Waals surface area contributed by atoms with Crippen molar-refractivity contribution in [1.29, 1.82) is 0 Å². The Labute approximate surface area is 123 Å². The fourth-order valence-electron chi connectivity index (χ4n) is 0.935. The molecule has 0 aliphatic rings. The van der Waals surface area contributed by atoms with E-state index in [2.05, 4.69) is 17.2 Å². The number of ether oxygens (including phenoxy) is 1. The van der Waals surface area contributed by atoms with Crippen molar-refractivity contribution in [3.63, 3.8) is 0 Å². The minimum atomic E-state index is 0.655. The minimum Gasteiger partial charge on any atom is -0.494 e. The van der Waals surface area contributed by atoms with Crippen LogP contribution in [0.5, 0.6) is 5.75 Å². The van der Waals surface area contributed by atoms with Crippen LogP contribution in [0.15, 0.2) is 29.3 Å². The summed E-state index contributed by atoms with van der Waals surface area (Å²) in [4.78, 5) is 13.9. The number of carbonyl (C=O) groups is 1. The first-order valence-electron chi connectivity index (χ1n) is 6.97. The van der Waals surface area contributed by atoms with Crippen LogP contribution in [0, 0.1) is 0 Å². The van der Waals surface area contributed by atoms with E-state index < -0.39 is 0 Å². The number of nitrogens with zero attached hydrogens (tertiary/aromatic N) is 1. The molecular formula is C16H28N2O2. The van der Waals surface area contributed by atoms with Gasteiger partial charge in [-0.3, -0.25) is 9.79 Å². The maximum absolute atomic E-state index is 10.1. The lowest BCUT2D eigenvalue weighted by molar-refractivity contribution is -0.105. The molecule has 20 heavy (non-hydrogen) atoms. The highest BCUT2D eigenvalue weighted by molar-refractivity contribution is 5.78. The van der Waals surface area contributed by atoms with Gasteiger partial charge in [0.05, 0.1) is 6.61 Å². The summed E-state index contributed by atoms with van der Waals surface area (Å²) in [6, 6.07) is 7.28. The molecule has 0 unspecified atom stereocenters. The SMILES string of the molecule is CC.CCCOc1ccc(NC=O)cc1.CN=C(C)C. The first kappa shape index (κ1) is 20.5. The van der Waals surface area contributed by atoms with Crippen LogP contribution in [0.2, 0.25) is 0 Å². The Morgan fingerprint density at radius 1 is 1.25 bits per heavy atom. The Balaban J connectivity index is 0. The molecule has 4 heteroatoms. The van der Waals surface area contributed by atoms with Crippen molar-refractivity contribution in [3.8, 4) is 5.75 Å². The average molecular weight is 280 g/mol. The molecule has 0 aliphatic carbocycles. The fraction of sp³-hybridized carbons (Fsp3) is 0.500. The molecule has 1 aromatic carbocycles. The molecule has 114 valence electrons. The second-order valence-corrected chi connectivity index (χ2v) is 3.81. The number of carbonyl (C=O) groups excluding carboxylic acids is 1. The summed E-state index contributed by atoms with van der Waals surface area (Å²) in [6.07, 6.45) is 1.65. The van der Waals surface area contributed by atoms with Crippen LogP contribution < -0.4 is 10.1 Å². The largest absolute Gasteiger partial charge is 0.494 e. The predicted molar refractivity (Wildman–Crippen MR) is 88.0 cm³/mol. The Bertz CT molecular complexity index is 355. The second kappa shape index (κ2) is 15.2. The lowest BCUT2D eigenvalue weighted by Crippen LogP contribution is -1.96. The summed E-state index contributed by atoms with van der Waals surface area (Å²) in [5, 5.41) is 2.55. The first-order valence-corrected chi connectivity index (χ1v) is 6.97. The number of nitrogens with one attached hydrogen (secondary N) is 1. The zero-order valence-corrected chi connectivity index (χ0v) is 13.6. The molecule has 0 atom stereocenters. The second-order valence-electron chi connectivity index (χ2n) is 3.81. The monoisotopic (exact) mass is 280 g/mol. The summed E-state index contributed by atoms with van der Waals surface area (Å²) in [5.74, 6) is 0.832. The Kier molecular flexibility index (Phi) is 15.6. The number of rotatable bonds is 5. The van der Waals surface area contributed by atoms with E-state index in [-0.39, 0.29) is 0 Å². The van der Waals surface area contributed by atoms with Gasteiger partial charge in [-0.15, -0.1) is 0 Å². The molecule has 0 saturated heterocycles. The predicted octanol–water partition coefficient (Wildman–Crippen LogP) is 4.17. The van der Waals surface area contributed by atoms with Crippen molar-refractivity contribution in [1.82, 2.24) is 0 Å². The fourth-order valence-corrected chi connectivity index (χ4v) is 0.935. The third-order valence-electron chi connectivity index (χ3n) is 2.00. The van der Waals surface area contributed by atoms with Gasteiger partial charge in [0.25, 0.3) is 0 Å². The molecule has 0 bridgehead atoms. The number of hydrogen-bond donors (Lipinski definition) is 1. The quantitative estimate of drug-likeness (QED) is 0.650. The topological polar surface area (TPSA) is 50.7 Å². The molecule has 0 spiro atoms. The Morgan fingerprint density at radius 3 is 2.10 bits per heavy atom. The van der Waals surface area contributed by atoms with Crippen molar-refractivity contribution in [3.05, 3.63) is 24.3 Å². The number of aliphatic imine (C=N–C) groups is 1. The number of amides is 1. The maximum atomic E-state index is 10.1. The van der Waals surface area contributed by atoms with Gasteiger partial charge in [-0.1, -0.05) is 20.8 Å². The third kappa shape index (κ3) is 12.6. The highest BCUT2D eigenvalue weighted by Gasteiger charge is 1.92. The molecular weight excluding hydrogens is 252 g/mol. The van der Waals surface area contributed by atoms with Gasteiger partial charge in [0.15, 0.2) is 0 Å². The van der Waals surface area contributed by atoms with E-state index in [1.165, 1.54) is 0 Å². The van der Waals surface area contributed by atoms with Gasteiger partial charge < -0.3 is 10.1 Å². The molecule has 0 aromatic heterocycles. The highest BCUT2D eigenvalue weighted by Crippen LogP contribution is 2.14. The summed E-state index contributed by atoms with van der Waals surface area (Å²) >= 11 is 0. The molecule has 1 aromatic rings. The van der Waals surface area contributed by atoms with Gasteiger partial charge in [-0.25, -0.2) is 0 Å². The Morgan fingerprint density at radius 2 is 1.75 bits per heavy atom. The van der Waals surface area contributed by atoms with Crippen LogP contribution in [0.3, 0.4) is 0 Å². The number of benzene rings is 1. The minimum absolute atomic E-state index is 0.655. The van der Waals surface area contributed by atoms with Crippen molar-refractivity contribution in [2.24, 2.45) is 4.99 Å². The number of anilines is 1. The van der Waals surface area contributed by atoms with Gasteiger partial charge in [0.2, 0.25) is 6.41 Å². The normalized spacial score (nSPS) is 8.10. The average Bonchev–Trinajstić information content (AvgIpc) is 2.49. The van der Waals surface area contributed by atoms with Crippen LogP contribution in [0.25, 0.3) is 0 Å². The van der Waals surface area contributed by atoms with Gasteiger partial charge in [-0.2, -0.15) is 0 Å². The van der Waals surface area contributed by atoms with Crippen molar-refractivity contribution >= 4 is 17.8 Å². The molecule has 0 fully saturated rings. The van der Waals surface area contributed by atoms with Crippen molar-refractivity contribution < 1.29 is 9.53 Å². The van der Waals surface area contributed by atoms with Gasteiger partial charge in [0.1, 0.15) is 5.75 Å². The van der Waals surface area contributed by atoms with Gasteiger partial charge >= 0.3 is 0 Å². The van der Waals surface area contributed by atoms with Crippen LogP contribution in [0.4, 0.5) is 5.69 Å². The molecule has 0 radical (unpaired) electrons. The molecule has 1 rings (SSSR count). The Hall–Kier alpha value is -1.84. The standard InChI is InChI=1S/C10H13NO2.C4H9N.C2H6/c1-2-7-13-10-5-3-9(4-6-10)11-8-12;1-4(2)5-3;1-2/h3-6,8H,2,7H2,1H3,(H,11,12);1-3H3;1-2H3. The van der Waals surface area contributed by atoms with Crippen LogP contribution in [-0.2, 0) is 4.79 Å². The molecule has 0 saturated carbocycles. The smallest absolute Gasteiger partial charge is 0.211 e. The lowest BCUT2D eigenvalue weighted by Gasteiger charge is -2.04. The van der Waals surface area contributed by atoms with Crippen LogP contribution >= 0.6 is 0 Å². The van der Waals surface area contributed by atoms with E-state index >= 15 is 0 Å². The van der Waals surface area contributed by atoms with Crippen LogP contribution in [0.1, 0.15) is 41.0 Å². The van der Waals surface area contributed by atoms with E-state index in [1.807, 2.05) is 39.8 Å². The molecule has 0 heterocycles. The molecule has 4 nitrogen and oxygen atoms in total. The molecule has 1 amide bonds. The zero-order valence-electron chi connectivity index (χ0n) is 13.6. The highest BCUT2D eigenvalue weighted by atomic mass is 16.5. The summed E-state index contributed by atoms with van der Waals surface area (Å²) < 4.78 is 5.37. The van der Waals surface area contributed by atoms with Crippen molar-refractivity contribution in [2.45, 2.75) is 41.0 Å². The van der Waals surface area contributed by atoms with Crippen LogP contribution in [-0.4, -0.2) is 25.8 Å². The van der Waals surface area contributed by atoms with Gasteiger partial charge in [-0.05, 0) is 44.5 Å².